The molecule has 3 rings (SSSR count). The summed E-state index contributed by atoms with van der Waals surface area (Å²) in [6.45, 7) is 2.03. The average molecular weight is 538 g/mol. The summed E-state index contributed by atoms with van der Waals surface area (Å²) in [7, 11) is 3.21. The van der Waals surface area contributed by atoms with Gasteiger partial charge in [0, 0.05) is 37.1 Å². The van der Waals surface area contributed by atoms with Crippen LogP contribution < -0.4 is 10.6 Å². The zero-order valence-electron chi connectivity index (χ0n) is 22.3. The van der Waals surface area contributed by atoms with Crippen molar-refractivity contribution in [1.82, 2.24) is 15.5 Å². The van der Waals surface area contributed by atoms with Crippen molar-refractivity contribution in [3.8, 4) is 0 Å². The Bertz CT molecular complexity index is 866. The van der Waals surface area contributed by atoms with Gasteiger partial charge in [-0.25, -0.2) is 9.59 Å². The molecule has 0 spiro atoms. The van der Waals surface area contributed by atoms with Crippen LogP contribution in [-0.4, -0.2) is 68.6 Å². The van der Waals surface area contributed by atoms with Crippen LogP contribution in [0.3, 0.4) is 0 Å². The lowest BCUT2D eigenvalue weighted by molar-refractivity contribution is -0.0611. The second kappa shape index (κ2) is 14.8. The van der Waals surface area contributed by atoms with Gasteiger partial charge >= 0.3 is 12.2 Å². The highest BCUT2D eigenvalue weighted by Gasteiger charge is 2.42. The number of rotatable bonds is 11. The quantitative estimate of drug-likeness (QED) is 0.341. The summed E-state index contributed by atoms with van der Waals surface area (Å²) in [5, 5.41) is 18.4. The van der Waals surface area contributed by atoms with E-state index in [0.717, 1.165) is 24.8 Å². The van der Waals surface area contributed by atoms with E-state index in [2.05, 4.69) is 15.4 Å². The van der Waals surface area contributed by atoms with E-state index in [9.17, 15) is 14.7 Å². The number of carbonyl (C=O) groups is 2. The summed E-state index contributed by atoms with van der Waals surface area (Å²) >= 11 is 6.28. The van der Waals surface area contributed by atoms with E-state index in [0.29, 0.717) is 50.0 Å². The fourth-order valence-electron chi connectivity index (χ4n) is 5.91. The van der Waals surface area contributed by atoms with Crippen LogP contribution in [0.2, 0.25) is 5.02 Å². The number of hydrogen-bond donors (Lipinski definition) is 3. The number of carbonyl (C=O) groups excluding carboxylic acids is 2. The van der Waals surface area contributed by atoms with Gasteiger partial charge in [-0.05, 0) is 62.8 Å². The average Bonchev–Trinajstić information content (AvgIpc) is 2.91. The van der Waals surface area contributed by atoms with Crippen molar-refractivity contribution in [2.75, 3.05) is 40.3 Å². The molecule has 1 unspecified atom stereocenters. The Labute approximate surface area is 226 Å². The van der Waals surface area contributed by atoms with Crippen LogP contribution in [0.1, 0.15) is 69.8 Å². The van der Waals surface area contributed by atoms with Gasteiger partial charge in [0.05, 0.1) is 12.7 Å². The highest BCUT2D eigenvalue weighted by Crippen LogP contribution is 2.40. The SMILES string of the molecule is CNCC(CC1CCCCC1)OC(=O)N1CCC[C@@H]([C@@](O)(CCCNC(=O)OC)c2cccc(Cl)c2)C1. The lowest BCUT2D eigenvalue weighted by atomic mass is 9.74. The molecule has 2 aliphatic rings. The number of methoxy groups -OCH3 is 1. The van der Waals surface area contributed by atoms with Crippen molar-refractivity contribution in [1.29, 1.82) is 0 Å². The first-order valence-corrected chi connectivity index (χ1v) is 14.1. The number of likely N-dealkylation sites (tertiary alicyclic amines) is 1. The van der Waals surface area contributed by atoms with Gasteiger partial charge in [0.15, 0.2) is 0 Å². The van der Waals surface area contributed by atoms with Gasteiger partial charge in [0.2, 0.25) is 0 Å². The van der Waals surface area contributed by atoms with Crippen LogP contribution in [-0.2, 0) is 15.1 Å². The first kappa shape index (κ1) is 29.5. The summed E-state index contributed by atoms with van der Waals surface area (Å²) in [5.74, 6) is 0.423. The van der Waals surface area contributed by atoms with Crippen molar-refractivity contribution < 1.29 is 24.2 Å². The molecular formula is C28H44ClN3O5. The molecule has 1 saturated heterocycles. The van der Waals surface area contributed by atoms with Gasteiger partial charge < -0.3 is 30.1 Å². The molecular weight excluding hydrogens is 494 g/mol. The van der Waals surface area contributed by atoms with Gasteiger partial charge in [-0.2, -0.15) is 0 Å². The Morgan fingerprint density at radius 2 is 2.00 bits per heavy atom. The predicted molar refractivity (Wildman–Crippen MR) is 145 cm³/mol. The van der Waals surface area contributed by atoms with Crippen LogP contribution in [0.5, 0.6) is 0 Å². The maximum absolute atomic E-state index is 13.3. The molecule has 1 saturated carbocycles. The number of benzene rings is 1. The zero-order valence-corrected chi connectivity index (χ0v) is 23.1. The van der Waals surface area contributed by atoms with Gasteiger partial charge in [-0.3, -0.25) is 0 Å². The van der Waals surface area contributed by atoms with Crippen LogP contribution >= 0.6 is 11.6 Å². The zero-order chi connectivity index (χ0) is 26.7. The second-order valence-corrected chi connectivity index (χ2v) is 11.0. The summed E-state index contributed by atoms with van der Waals surface area (Å²) in [6, 6.07) is 7.28. The third-order valence-corrected chi connectivity index (χ3v) is 8.12. The topological polar surface area (TPSA) is 100 Å². The summed E-state index contributed by atoms with van der Waals surface area (Å²) in [5.41, 5.74) is -0.475. The lowest BCUT2D eigenvalue weighted by Gasteiger charge is -2.43. The van der Waals surface area contributed by atoms with E-state index >= 15 is 0 Å². The second-order valence-electron chi connectivity index (χ2n) is 10.5. The third kappa shape index (κ3) is 8.76. The van der Waals surface area contributed by atoms with Crippen molar-refractivity contribution in [2.45, 2.75) is 75.9 Å². The molecule has 1 aromatic carbocycles. The van der Waals surface area contributed by atoms with E-state index in [1.165, 1.54) is 39.2 Å². The highest BCUT2D eigenvalue weighted by molar-refractivity contribution is 6.30. The largest absolute Gasteiger partial charge is 0.453 e. The summed E-state index contributed by atoms with van der Waals surface area (Å²) in [4.78, 5) is 26.5. The number of amides is 2. The van der Waals surface area contributed by atoms with Crippen LogP contribution in [0.25, 0.3) is 0 Å². The van der Waals surface area contributed by atoms with Crippen molar-refractivity contribution >= 4 is 23.8 Å². The highest BCUT2D eigenvalue weighted by atomic mass is 35.5. The smallest absolute Gasteiger partial charge is 0.410 e. The fraction of sp³-hybridized carbons (Fsp3) is 0.714. The molecule has 2 fully saturated rings. The number of nitrogens with one attached hydrogen (secondary N) is 2. The minimum atomic E-state index is -1.20. The molecule has 2 amide bonds. The fourth-order valence-corrected chi connectivity index (χ4v) is 6.10. The molecule has 9 heteroatoms. The first-order valence-electron chi connectivity index (χ1n) is 13.8. The Kier molecular flexibility index (Phi) is 11.8. The van der Waals surface area contributed by atoms with E-state index in [1.807, 2.05) is 19.2 Å². The molecule has 0 radical (unpaired) electrons. The Morgan fingerprint density at radius 1 is 1.22 bits per heavy atom. The molecule has 208 valence electrons. The van der Waals surface area contributed by atoms with E-state index in [1.54, 1.807) is 17.0 Å². The van der Waals surface area contributed by atoms with Gasteiger partial charge in [-0.1, -0.05) is 55.8 Å². The van der Waals surface area contributed by atoms with Crippen LogP contribution in [0.15, 0.2) is 24.3 Å². The van der Waals surface area contributed by atoms with Crippen LogP contribution in [0, 0.1) is 11.8 Å². The maximum Gasteiger partial charge on any atom is 0.410 e. The van der Waals surface area contributed by atoms with Crippen LogP contribution in [0.4, 0.5) is 9.59 Å². The minimum absolute atomic E-state index is 0.155. The Hall–Kier alpha value is -2.03. The summed E-state index contributed by atoms with van der Waals surface area (Å²) in [6.07, 6.45) is 8.69. The molecule has 0 bridgehead atoms. The molecule has 8 nitrogen and oxygen atoms in total. The lowest BCUT2D eigenvalue weighted by Crippen LogP contribution is -2.49. The molecule has 3 N–H and O–H groups in total. The van der Waals surface area contributed by atoms with Crippen molar-refractivity contribution in [3.05, 3.63) is 34.9 Å². The number of alkyl carbamates (subject to hydrolysis) is 1. The van der Waals surface area contributed by atoms with Crippen molar-refractivity contribution in [3.63, 3.8) is 0 Å². The van der Waals surface area contributed by atoms with Gasteiger partial charge in [0.25, 0.3) is 0 Å². The standard InChI is InChI=1S/C28H44ClN3O5/c1-30-19-25(17-21-9-4-3-5-10-21)37-27(34)32-16-7-12-23(20-32)28(35,14-8-15-31-26(33)36-2)22-11-6-13-24(29)18-22/h6,11,13,18,21,23,25,30,35H,3-5,7-10,12,14-17,19-20H2,1-2H3,(H,31,33)/t23-,25?,28-/m1/s1. The minimum Gasteiger partial charge on any atom is -0.453 e. The predicted octanol–water partition coefficient (Wildman–Crippen LogP) is 5.07. The number of hydrogen-bond acceptors (Lipinski definition) is 6. The number of aliphatic hydroxyl groups is 1. The third-order valence-electron chi connectivity index (χ3n) is 7.89. The van der Waals surface area contributed by atoms with E-state index < -0.39 is 11.7 Å². The summed E-state index contributed by atoms with van der Waals surface area (Å²) < 4.78 is 10.7. The monoisotopic (exact) mass is 537 g/mol. The Balaban J connectivity index is 1.68. The first-order chi connectivity index (χ1) is 17.9. The molecule has 37 heavy (non-hydrogen) atoms. The number of ether oxygens (including phenoxy) is 2. The number of likely N-dealkylation sites (N-methyl/N-ethyl adjacent to an activating group) is 1. The van der Waals surface area contributed by atoms with Gasteiger partial charge in [-0.15, -0.1) is 0 Å². The Morgan fingerprint density at radius 3 is 2.70 bits per heavy atom. The number of piperidine rings is 1. The van der Waals surface area contributed by atoms with E-state index in [-0.39, 0.29) is 18.1 Å². The molecule has 3 atom stereocenters. The van der Waals surface area contributed by atoms with Crippen molar-refractivity contribution in [2.24, 2.45) is 11.8 Å². The maximum atomic E-state index is 13.3. The molecule has 1 aliphatic heterocycles. The molecule has 1 heterocycles. The molecule has 0 aromatic heterocycles. The van der Waals surface area contributed by atoms with Gasteiger partial charge in [0.1, 0.15) is 6.10 Å². The number of nitrogens with zero attached hydrogens (tertiary/aromatic N) is 1. The number of halogens is 1. The normalized spacial score (nSPS) is 21.1. The molecule has 1 aromatic rings. The van der Waals surface area contributed by atoms with E-state index in [4.69, 9.17) is 16.3 Å². The molecule has 1 aliphatic carbocycles.